The summed E-state index contributed by atoms with van der Waals surface area (Å²) in [5, 5.41) is 10.7. The number of ketones is 2. The molecule has 6 heteroatoms. The molecule has 0 aromatic carbocycles. The molecule has 0 unspecified atom stereocenters. The van der Waals surface area contributed by atoms with Gasteiger partial charge in [0.05, 0.1) is 5.92 Å². The van der Waals surface area contributed by atoms with Crippen LogP contribution >= 0.6 is 0 Å². The minimum absolute atomic E-state index is 0.0252. The minimum atomic E-state index is -1.18. The van der Waals surface area contributed by atoms with Crippen molar-refractivity contribution in [3.8, 4) is 0 Å². The third kappa shape index (κ3) is 2.09. The zero-order valence-corrected chi connectivity index (χ0v) is 14.5. The fraction of sp³-hybridized carbons (Fsp3) is 0.632. The lowest BCUT2D eigenvalue weighted by atomic mass is 9.64. The summed E-state index contributed by atoms with van der Waals surface area (Å²) in [6.45, 7) is 5.41. The lowest BCUT2D eigenvalue weighted by Gasteiger charge is -2.54. The maximum atomic E-state index is 12.9. The highest BCUT2D eigenvalue weighted by molar-refractivity contribution is 6.20. The molecule has 2 saturated heterocycles. The van der Waals surface area contributed by atoms with E-state index in [1.807, 2.05) is 6.92 Å². The van der Waals surface area contributed by atoms with Gasteiger partial charge in [-0.25, -0.2) is 4.79 Å². The average Bonchev–Trinajstić information content (AvgIpc) is 2.83. The standard InChI is InChI=1S/C19H22O6/c1-8-6-9(2)14(21)13-17-19(25-18(13)23)7-10(3)16(24-17)15(22)11(19)4-5-12(8)20/h4-5,8-11,15-16,22H,6-7H2,1-3H3/b5-4-/t8-,9+,10+,11+,15+,16+,19+/m0/s1. The zero-order chi connectivity index (χ0) is 18.1. The molecule has 25 heavy (non-hydrogen) atoms. The summed E-state index contributed by atoms with van der Waals surface area (Å²) in [5.41, 5.74) is -1.21. The molecule has 1 saturated carbocycles. The molecular weight excluding hydrogens is 324 g/mol. The first kappa shape index (κ1) is 16.5. The number of Topliss-reactive ketones (excluding diaryl/α,β-unsaturated/α-hetero) is 1. The number of aliphatic hydroxyl groups is 1. The Morgan fingerprint density at radius 1 is 1.16 bits per heavy atom. The first-order chi connectivity index (χ1) is 11.8. The van der Waals surface area contributed by atoms with Crippen molar-refractivity contribution >= 4 is 17.5 Å². The number of allylic oxidation sites excluding steroid dienone is 1. The fourth-order valence-electron chi connectivity index (χ4n) is 4.79. The molecule has 7 atom stereocenters. The summed E-state index contributed by atoms with van der Waals surface area (Å²) in [5.74, 6) is -2.27. The topological polar surface area (TPSA) is 89.9 Å². The monoisotopic (exact) mass is 346 g/mol. The van der Waals surface area contributed by atoms with Crippen molar-refractivity contribution in [2.45, 2.75) is 51.4 Å². The summed E-state index contributed by atoms with van der Waals surface area (Å²) in [4.78, 5) is 37.8. The summed E-state index contributed by atoms with van der Waals surface area (Å²) in [6.07, 6.45) is 2.51. The van der Waals surface area contributed by atoms with Crippen LogP contribution < -0.4 is 0 Å². The highest BCUT2D eigenvalue weighted by atomic mass is 16.6. The number of carbonyl (C=O) groups is 3. The predicted octanol–water partition coefficient (Wildman–Crippen LogP) is 1.32. The van der Waals surface area contributed by atoms with E-state index in [1.165, 1.54) is 6.08 Å². The van der Waals surface area contributed by atoms with Crippen LogP contribution in [0.3, 0.4) is 0 Å². The second-order valence-electron chi connectivity index (χ2n) is 7.93. The molecule has 5 bridgehead atoms. The highest BCUT2D eigenvalue weighted by Crippen LogP contribution is 2.56. The van der Waals surface area contributed by atoms with E-state index >= 15 is 0 Å². The summed E-state index contributed by atoms with van der Waals surface area (Å²) < 4.78 is 11.6. The summed E-state index contributed by atoms with van der Waals surface area (Å²) >= 11 is 0. The maximum absolute atomic E-state index is 12.9. The molecule has 1 spiro atoms. The molecule has 1 N–H and O–H groups in total. The third-order valence-electron chi connectivity index (χ3n) is 6.13. The molecule has 0 amide bonds. The van der Waals surface area contributed by atoms with Crippen LogP contribution in [-0.2, 0) is 23.9 Å². The number of carbonyl (C=O) groups excluding carboxylic acids is 3. The van der Waals surface area contributed by atoms with Crippen LogP contribution in [0.15, 0.2) is 23.5 Å². The van der Waals surface area contributed by atoms with Crippen molar-refractivity contribution < 1.29 is 29.0 Å². The van der Waals surface area contributed by atoms with E-state index in [0.29, 0.717) is 12.8 Å². The van der Waals surface area contributed by atoms with Gasteiger partial charge in [-0.2, -0.15) is 0 Å². The molecule has 6 nitrogen and oxygen atoms in total. The van der Waals surface area contributed by atoms with E-state index in [4.69, 9.17) is 9.47 Å². The Morgan fingerprint density at radius 2 is 1.88 bits per heavy atom. The minimum Gasteiger partial charge on any atom is -0.486 e. The van der Waals surface area contributed by atoms with Crippen molar-refractivity contribution in [1.82, 2.24) is 0 Å². The second-order valence-corrected chi connectivity index (χ2v) is 7.93. The first-order valence-electron chi connectivity index (χ1n) is 8.85. The van der Waals surface area contributed by atoms with Crippen molar-refractivity contribution in [2.75, 3.05) is 0 Å². The SMILES string of the molecule is C[C@@H]1C[C@H](C)C(=O)/C=C\[C@@H]2[C@@H](O)[C@@H]3OC4=C(C(=O)O[C@@]42C[C@H]3C)C1=O. The molecule has 3 aliphatic heterocycles. The van der Waals surface area contributed by atoms with E-state index in [2.05, 4.69) is 0 Å². The molecule has 3 heterocycles. The van der Waals surface area contributed by atoms with E-state index in [9.17, 15) is 19.5 Å². The maximum Gasteiger partial charge on any atom is 0.346 e. The smallest absolute Gasteiger partial charge is 0.346 e. The van der Waals surface area contributed by atoms with E-state index in [0.717, 1.165) is 0 Å². The first-order valence-corrected chi connectivity index (χ1v) is 8.85. The highest BCUT2D eigenvalue weighted by Gasteiger charge is 2.67. The van der Waals surface area contributed by atoms with Gasteiger partial charge in [0, 0.05) is 18.3 Å². The zero-order valence-electron chi connectivity index (χ0n) is 14.5. The Bertz CT molecular complexity index is 734. The van der Waals surface area contributed by atoms with Crippen molar-refractivity contribution in [1.29, 1.82) is 0 Å². The fourth-order valence-corrected chi connectivity index (χ4v) is 4.79. The normalized spacial score (nSPS) is 47.3. The molecule has 2 aliphatic carbocycles. The van der Waals surface area contributed by atoms with Gasteiger partial charge in [-0.1, -0.05) is 26.8 Å². The van der Waals surface area contributed by atoms with Crippen LogP contribution in [0, 0.1) is 23.7 Å². The molecule has 134 valence electrons. The molecule has 0 radical (unpaired) electrons. The number of hydrogen-bond donors (Lipinski definition) is 1. The van der Waals surface area contributed by atoms with Crippen molar-refractivity contribution in [2.24, 2.45) is 23.7 Å². The quantitative estimate of drug-likeness (QED) is 0.526. The van der Waals surface area contributed by atoms with Gasteiger partial charge in [0.2, 0.25) is 0 Å². The van der Waals surface area contributed by atoms with Gasteiger partial charge in [-0.05, 0) is 18.4 Å². The molecule has 3 fully saturated rings. The Kier molecular flexibility index (Phi) is 3.48. The predicted molar refractivity (Wildman–Crippen MR) is 86.1 cm³/mol. The number of ether oxygens (including phenoxy) is 2. The van der Waals surface area contributed by atoms with E-state index in [1.54, 1.807) is 19.9 Å². The molecule has 5 rings (SSSR count). The van der Waals surface area contributed by atoms with E-state index in [-0.39, 0.29) is 34.7 Å². The Labute approximate surface area is 145 Å². The number of rotatable bonds is 0. The Morgan fingerprint density at radius 3 is 2.60 bits per heavy atom. The molecule has 0 aromatic heterocycles. The lowest BCUT2D eigenvalue weighted by Crippen LogP contribution is -2.63. The van der Waals surface area contributed by atoms with Crippen LogP contribution in [-0.4, -0.2) is 40.5 Å². The molecule has 0 aromatic rings. The molecular formula is C19H22O6. The van der Waals surface area contributed by atoms with Crippen molar-refractivity contribution in [3.63, 3.8) is 0 Å². The van der Waals surface area contributed by atoms with Crippen LogP contribution in [0.4, 0.5) is 0 Å². The van der Waals surface area contributed by atoms with Crippen LogP contribution in [0.1, 0.15) is 33.6 Å². The van der Waals surface area contributed by atoms with Gasteiger partial charge >= 0.3 is 5.97 Å². The Hall–Kier alpha value is -1.95. The third-order valence-corrected chi connectivity index (χ3v) is 6.13. The summed E-state index contributed by atoms with van der Waals surface area (Å²) in [7, 11) is 0. The largest absolute Gasteiger partial charge is 0.486 e. The van der Waals surface area contributed by atoms with Crippen LogP contribution in [0.5, 0.6) is 0 Å². The van der Waals surface area contributed by atoms with Gasteiger partial charge in [-0.3, -0.25) is 9.59 Å². The van der Waals surface area contributed by atoms with Gasteiger partial charge < -0.3 is 14.6 Å². The van der Waals surface area contributed by atoms with Gasteiger partial charge in [-0.15, -0.1) is 0 Å². The van der Waals surface area contributed by atoms with Crippen LogP contribution in [0.2, 0.25) is 0 Å². The Balaban J connectivity index is 1.93. The number of hydrogen-bond acceptors (Lipinski definition) is 6. The van der Waals surface area contributed by atoms with Crippen molar-refractivity contribution in [3.05, 3.63) is 23.5 Å². The number of esters is 1. The average molecular weight is 346 g/mol. The van der Waals surface area contributed by atoms with Gasteiger partial charge in [0.15, 0.2) is 22.9 Å². The summed E-state index contributed by atoms with van der Waals surface area (Å²) in [6, 6.07) is 0. The van der Waals surface area contributed by atoms with Gasteiger partial charge in [0.25, 0.3) is 0 Å². The number of fused-ring (bicyclic) bond motifs is 1. The lowest BCUT2D eigenvalue weighted by molar-refractivity contribution is -0.220. The number of aliphatic hydroxyl groups excluding tert-OH is 1. The van der Waals surface area contributed by atoms with Crippen LogP contribution in [0.25, 0.3) is 0 Å². The second kappa shape index (κ2) is 5.27. The molecule has 5 aliphatic rings. The van der Waals surface area contributed by atoms with Gasteiger partial charge in [0.1, 0.15) is 17.8 Å². The van der Waals surface area contributed by atoms with E-state index < -0.39 is 35.6 Å².